The summed E-state index contributed by atoms with van der Waals surface area (Å²) in [5.74, 6) is -0.221. The van der Waals surface area contributed by atoms with Crippen LogP contribution in [-0.4, -0.2) is 73.8 Å². The highest BCUT2D eigenvalue weighted by molar-refractivity contribution is 5.70. The van der Waals surface area contributed by atoms with Gasteiger partial charge in [0.2, 0.25) is 0 Å². The molecule has 0 atom stereocenters. The van der Waals surface area contributed by atoms with Crippen molar-refractivity contribution in [3.8, 4) is 5.75 Å². The molecule has 3 rings (SSSR count). The van der Waals surface area contributed by atoms with E-state index in [2.05, 4.69) is 11.3 Å². The van der Waals surface area contributed by atoms with Gasteiger partial charge in [-0.2, -0.15) is 0 Å². The zero-order valence-electron chi connectivity index (χ0n) is 18.7. The molecule has 0 bridgehead atoms. The molecule has 2 saturated heterocycles. The van der Waals surface area contributed by atoms with Crippen LogP contribution in [0.1, 0.15) is 26.3 Å². The highest BCUT2D eigenvalue weighted by Crippen LogP contribution is 2.32. The molecule has 1 aromatic carbocycles. The maximum absolute atomic E-state index is 13.1. The molecule has 2 aliphatic rings. The van der Waals surface area contributed by atoms with Crippen LogP contribution >= 0.6 is 0 Å². The smallest absolute Gasteiger partial charge is 0.443 e. The molecule has 2 aliphatic heterocycles. The van der Waals surface area contributed by atoms with Crippen molar-refractivity contribution in [2.24, 2.45) is 0 Å². The van der Waals surface area contributed by atoms with E-state index < -0.39 is 18.1 Å². The van der Waals surface area contributed by atoms with Crippen molar-refractivity contribution in [3.05, 3.63) is 36.0 Å². The third-order valence-electron chi connectivity index (χ3n) is 5.09. The van der Waals surface area contributed by atoms with Crippen LogP contribution in [0.25, 0.3) is 0 Å². The van der Waals surface area contributed by atoms with Crippen LogP contribution in [-0.2, 0) is 16.0 Å². The van der Waals surface area contributed by atoms with Gasteiger partial charge in [0.05, 0.1) is 13.2 Å². The first kappa shape index (κ1) is 24.2. The number of nitrogens with zero attached hydrogens (tertiary/aromatic N) is 3. The molecule has 0 spiro atoms. The van der Waals surface area contributed by atoms with Crippen LogP contribution in [0.4, 0.5) is 23.7 Å². The molecule has 10 heteroatoms. The number of piperazine rings is 1. The predicted octanol–water partition coefficient (Wildman–Crippen LogP) is 3.99. The summed E-state index contributed by atoms with van der Waals surface area (Å²) in [7, 11) is 0. The number of halogens is 3. The Hall–Kier alpha value is -2.46. The Bertz CT molecular complexity index is 833. The normalized spacial score (nSPS) is 18.6. The number of carbonyl (C=O) groups excluding carboxylic acids is 1. The number of amides is 1. The number of rotatable bonds is 4. The number of benzene rings is 1. The second-order valence-electron chi connectivity index (χ2n) is 8.85. The lowest BCUT2D eigenvalue weighted by Gasteiger charge is -2.37. The lowest BCUT2D eigenvalue weighted by atomic mass is 10.1. The fourth-order valence-electron chi connectivity index (χ4n) is 3.65. The quantitative estimate of drug-likeness (QED) is 0.682. The Morgan fingerprint density at radius 3 is 2.41 bits per heavy atom. The van der Waals surface area contributed by atoms with Crippen LogP contribution < -0.4 is 9.64 Å². The molecular weight excluding hydrogens is 427 g/mol. The Morgan fingerprint density at radius 2 is 1.81 bits per heavy atom. The minimum atomic E-state index is -4.79. The summed E-state index contributed by atoms with van der Waals surface area (Å²) in [4.78, 5) is 17.7. The lowest BCUT2D eigenvalue weighted by molar-refractivity contribution is -0.275. The second-order valence-corrected chi connectivity index (χ2v) is 8.85. The summed E-state index contributed by atoms with van der Waals surface area (Å²) >= 11 is 0. The topological polar surface area (TPSA) is 54.5 Å². The molecule has 0 saturated carbocycles. The standard InChI is InChI=1S/C22H30F3N3O4/c1-16-14-26(7-8-28(16)20(29)32-21(2,3)4)15-17-5-6-18(27-9-11-30-12-10-27)13-19(17)31-22(23,24)25/h5-6,13H,1,7-12,14-15H2,2-4H3. The monoisotopic (exact) mass is 457 g/mol. The van der Waals surface area contributed by atoms with Gasteiger partial charge in [-0.3, -0.25) is 9.80 Å². The number of morpholine rings is 1. The van der Waals surface area contributed by atoms with Crippen LogP contribution in [0.2, 0.25) is 0 Å². The van der Waals surface area contributed by atoms with Gasteiger partial charge in [-0.15, -0.1) is 13.2 Å². The zero-order chi connectivity index (χ0) is 23.5. The Balaban J connectivity index is 1.71. The molecule has 0 N–H and O–H groups in total. The van der Waals surface area contributed by atoms with Crippen molar-refractivity contribution >= 4 is 11.8 Å². The molecule has 1 amide bonds. The Labute approximate surface area is 186 Å². The van der Waals surface area contributed by atoms with E-state index in [1.807, 2.05) is 9.80 Å². The van der Waals surface area contributed by atoms with E-state index in [1.54, 1.807) is 32.9 Å². The van der Waals surface area contributed by atoms with E-state index in [0.717, 1.165) is 0 Å². The van der Waals surface area contributed by atoms with Crippen LogP contribution in [0.5, 0.6) is 5.75 Å². The van der Waals surface area contributed by atoms with Gasteiger partial charge in [-0.25, -0.2) is 4.79 Å². The van der Waals surface area contributed by atoms with Crippen molar-refractivity contribution in [2.45, 2.75) is 39.3 Å². The molecule has 2 fully saturated rings. The summed E-state index contributed by atoms with van der Waals surface area (Å²) in [6.45, 7) is 12.9. The van der Waals surface area contributed by atoms with Crippen LogP contribution in [0.3, 0.4) is 0 Å². The minimum Gasteiger partial charge on any atom is -0.443 e. The lowest BCUT2D eigenvalue weighted by Crippen LogP contribution is -2.47. The summed E-state index contributed by atoms with van der Waals surface area (Å²) in [5.41, 5.74) is 0.989. The Kier molecular flexibility index (Phi) is 7.24. The first-order valence-electron chi connectivity index (χ1n) is 10.5. The first-order chi connectivity index (χ1) is 14.9. The van der Waals surface area contributed by atoms with E-state index in [1.165, 1.54) is 11.0 Å². The molecule has 0 radical (unpaired) electrons. The summed E-state index contributed by atoms with van der Waals surface area (Å²) in [5, 5.41) is 0. The van der Waals surface area contributed by atoms with Gasteiger partial charge >= 0.3 is 12.5 Å². The average Bonchev–Trinajstić information content (AvgIpc) is 2.67. The van der Waals surface area contributed by atoms with Gasteiger partial charge < -0.3 is 19.1 Å². The number of carbonyl (C=O) groups is 1. The van der Waals surface area contributed by atoms with E-state index in [-0.39, 0.29) is 12.3 Å². The SMILES string of the molecule is C=C1CN(Cc2ccc(N3CCOCC3)cc2OC(F)(F)F)CCN1C(=O)OC(C)(C)C. The fraction of sp³-hybridized carbons (Fsp3) is 0.591. The number of hydrogen-bond donors (Lipinski definition) is 0. The van der Waals surface area contributed by atoms with Gasteiger partial charge in [-0.05, 0) is 26.8 Å². The molecule has 0 unspecified atom stereocenters. The number of anilines is 1. The van der Waals surface area contributed by atoms with E-state index >= 15 is 0 Å². The number of ether oxygens (including phenoxy) is 3. The van der Waals surface area contributed by atoms with Crippen molar-refractivity contribution in [2.75, 3.05) is 50.8 Å². The number of hydrogen-bond acceptors (Lipinski definition) is 6. The van der Waals surface area contributed by atoms with Crippen molar-refractivity contribution < 1.29 is 32.2 Å². The maximum atomic E-state index is 13.1. The van der Waals surface area contributed by atoms with Crippen molar-refractivity contribution in [1.82, 2.24) is 9.80 Å². The van der Waals surface area contributed by atoms with Crippen molar-refractivity contribution in [3.63, 3.8) is 0 Å². The van der Waals surface area contributed by atoms with E-state index in [4.69, 9.17) is 9.47 Å². The molecule has 2 heterocycles. The Morgan fingerprint density at radius 1 is 1.12 bits per heavy atom. The molecule has 32 heavy (non-hydrogen) atoms. The van der Waals surface area contributed by atoms with Gasteiger partial charge in [0.1, 0.15) is 11.4 Å². The summed E-state index contributed by atoms with van der Waals surface area (Å²) < 4.78 is 54.3. The molecular formula is C22H30F3N3O4. The third-order valence-corrected chi connectivity index (χ3v) is 5.09. The van der Waals surface area contributed by atoms with Crippen LogP contribution in [0, 0.1) is 0 Å². The van der Waals surface area contributed by atoms with Gasteiger partial charge in [0.15, 0.2) is 0 Å². The van der Waals surface area contributed by atoms with E-state index in [9.17, 15) is 18.0 Å². The predicted molar refractivity (Wildman–Crippen MR) is 114 cm³/mol. The number of alkyl halides is 3. The van der Waals surface area contributed by atoms with Crippen molar-refractivity contribution in [1.29, 1.82) is 0 Å². The molecule has 0 aliphatic carbocycles. The molecule has 178 valence electrons. The maximum Gasteiger partial charge on any atom is 0.573 e. The van der Waals surface area contributed by atoms with Gasteiger partial charge in [0.25, 0.3) is 0 Å². The molecule has 1 aromatic rings. The fourth-order valence-corrected chi connectivity index (χ4v) is 3.65. The summed E-state index contributed by atoms with van der Waals surface area (Å²) in [6.07, 6.45) is -5.27. The second kappa shape index (κ2) is 9.58. The average molecular weight is 457 g/mol. The van der Waals surface area contributed by atoms with Crippen LogP contribution in [0.15, 0.2) is 30.5 Å². The van der Waals surface area contributed by atoms with E-state index in [0.29, 0.717) is 62.9 Å². The highest BCUT2D eigenvalue weighted by atomic mass is 19.4. The largest absolute Gasteiger partial charge is 0.573 e. The minimum absolute atomic E-state index is 0.221. The molecule has 7 nitrogen and oxygen atoms in total. The first-order valence-corrected chi connectivity index (χ1v) is 10.5. The molecule has 0 aromatic heterocycles. The van der Waals surface area contributed by atoms with Gasteiger partial charge in [-0.1, -0.05) is 12.6 Å². The third kappa shape index (κ3) is 6.77. The van der Waals surface area contributed by atoms with Gasteiger partial charge in [0, 0.05) is 62.3 Å². The zero-order valence-corrected chi connectivity index (χ0v) is 18.7. The summed E-state index contributed by atoms with van der Waals surface area (Å²) in [6, 6.07) is 4.89. The highest BCUT2D eigenvalue weighted by Gasteiger charge is 2.33.